The molecular weight excluding hydrogens is 292 g/mol. The number of hydrogen-bond donors (Lipinski definition) is 3. The summed E-state index contributed by atoms with van der Waals surface area (Å²) in [6, 6.07) is 4.77. The number of hydrogen-bond acceptors (Lipinski definition) is 5. The van der Waals surface area contributed by atoms with Crippen molar-refractivity contribution >= 4 is 23.4 Å². The highest BCUT2D eigenvalue weighted by Crippen LogP contribution is 2.11. The molecule has 0 fully saturated rings. The number of nitrogens with zero attached hydrogens (tertiary/aromatic N) is 1. The molecule has 1 aromatic rings. The van der Waals surface area contributed by atoms with E-state index < -0.39 is 28.2 Å². The molecule has 1 rings (SSSR count). The second-order valence-corrected chi connectivity index (χ2v) is 5.42. The van der Waals surface area contributed by atoms with Crippen molar-refractivity contribution in [1.82, 2.24) is 16.2 Å². The lowest BCUT2D eigenvalue weighted by molar-refractivity contribution is -0.384. The Morgan fingerprint density at radius 1 is 1.00 bits per heavy atom. The summed E-state index contributed by atoms with van der Waals surface area (Å²) >= 11 is 0. The molecule has 0 radical (unpaired) electrons. The molecule has 0 saturated carbocycles. The van der Waals surface area contributed by atoms with Crippen LogP contribution in [-0.4, -0.2) is 28.2 Å². The second kappa shape index (κ2) is 6.66. The molecule has 3 N–H and O–H groups in total. The zero-order chi connectivity index (χ0) is 16.9. The number of amides is 3. The monoisotopic (exact) mass is 308 g/mol. The Kier molecular flexibility index (Phi) is 5.17. The molecule has 1 aromatic carbocycles. The SMILES string of the molecule is CC(C)(C)NC(=O)C(=O)NNC(=O)c1ccc([N+](=O)[O-])cc1. The molecule has 0 aliphatic heterocycles. The number of nitro benzene ring substituents is 1. The lowest BCUT2D eigenvalue weighted by atomic mass is 10.1. The van der Waals surface area contributed by atoms with Crippen LogP contribution in [0.15, 0.2) is 24.3 Å². The zero-order valence-electron chi connectivity index (χ0n) is 12.3. The van der Waals surface area contributed by atoms with Gasteiger partial charge in [-0.15, -0.1) is 0 Å². The van der Waals surface area contributed by atoms with E-state index in [9.17, 15) is 24.5 Å². The van der Waals surface area contributed by atoms with Crippen molar-refractivity contribution in [1.29, 1.82) is 0 Å². The summed E-state index contributed by atoms with van der Waals surface area (Å²) in [7, 11) is 0. The number of hydrazine groups is 1. The smallest absolute Gasteiger partial charge is 0.327 e. The fraction of sp³-hybridized carbons (Fsp3) is 0.308. The topological polar surface area (TPSA) is 130 Å². The Labute approximate surface area is 126 Å². The van der Waals surface area contributed by atoms with Crippen LogP contribution < -0.4 is 16.2 Å². The van der Waals surface area contributed by atoms with Crippen LogP contribution >= 0.6 is 0 Å². The van der Waals surface area contributed by atoms with Crippen molar-refractivity contribution in [2.45, 2.75) is 26.3 Å². The summed E-state index contributed by atoms with van der Waals surface area (Å²) in [6.07, 6.45) is 0. The highest BCUT2D eigenvalue weighted by atomic mass is 16.6. The summed E-state index contributed by atoms with van der Waals surface area (Å²) in [6.45, 7) is 5.11. The third kappa shape index (κ3) is 5.19. The minimum atomic E-state index is -1.02. The van der Waals surface area contributed by atoms with Crippen LogP contribution in [-0.2, 0) is 9.59 Å². The van der Waals surface area contributed by atoms with Gasteiger partial charge in [-0.3, -0.25) is 35.3 Å². The Morgan fingerprint density at radius 3 is 2.00 bits per heavy atom. The van der Waals surface area contributed by atoms with Crippen LogP contribution in [0.4, 0.5) is 5.69 Å². The van der Waals surface area contributed by atoms with E-state index in [4.69, 9.17) is 0 Å². The molecule has 0 bridgehead atoms. The van der Waals surface area contributed by atoms with Gasteiger partial charge in [0.2, 0.25) is 0 Å². The molecule has 0 heterocycles. The molecule has 0 aliphatic carbocycles. The number of benzene rings is 1. The van der Waals surface area contributed by atoms with Crippen LogP contribution in [0.3, 0.4) is 0 Å². The molecule has 118 valence electrons. The van der Waals surface area contributed by atoms with Crippen molar-refractivity contribution in [2.75, 3.05) is 0 Å². The van der Waals surface area contributed by atoms with Crippen molar-refractivity contribution in [3.05, 3.63) is 39.9 Å². The number of rotatable bonds is 2. The van der Waals surface area contributed by atoms with Gasteiger partial charge in [0.15, 0.2) is 0 Å². The lowest BCUT2D eigenvalue weighted by Gasteiger charge is -2.19. The normalized spacial score (nSPS) is 10.5. The predicted molar refractivity (Wildman–Crippen MR) is 76.6 cm³/mol. The number of nitrogens with one attached hydrogen (secondary N) is 3. The average Bonchev–Trinajstić information content (AvgIpc) is 2.42. The molecule has 0 aromatic heterocycles. The fourth-order valence-electron chi connectivity index (χ4n) is 1.37. The lowest BCUT2D eigenvalue weighted by Crippen LogP contribution is -2.52. The molecule has 3 amide bonds. The molecule has 22 heavy (non-hydrogen) atoms. The number of nitro groups is 1. The fourth-order valence-corrected chi connectivity index (χ4v) is 1.37. The minimum Gasteiger partial charge on any atom is -0.343 e. The van der Waals surface area contributed by atoms with Gasteiger partial charge in [-0.25, -0.2) is 0 Å². The van der Waals surface area contributed by atoms with Crippen LogP contribution in [0.1, 0.15) is 31.1 Å². The van der Waals surface area contributed by atoms with Gasteiger partial charge in [-0.2, -0.15) is 0 Å². The van der Waals surface area contributed by atoms with Crippen molar-refractivity contribution < 1.29 is 19.3 Å². The van der Waals surface area contributed by atoms with Crippen LogP contribution in [0.2, 0.25) is 0 Å². The van der Waals surface area contributed by atoms with E-state index in [0.29, 0.717) is 0 Å². The Bertz CT molecular complexity index is 604. The summed E-state index contributed by atoms with van der Waals surface area (Å²) in [5.41, 5.74) is 3.35. The van der Waals surface area contributed by atoms with Crippen molar-refractivity contribution in [2.24, 2.45) is 0 Å². The molecule has 9 nitrogen and oxygen atoms in total. The van der Waals surface area contributed by atoms with Gasteiger partial charge in [-0.05, 0) is 32.9 Å². The summed E-state index contributed by atoms with van der Waals surface area (Å²) in [5, 5.41) is 12.9. The van der Waals surface area contributed by atoms with Crippen molar-refractivity contribution in [3.8, 4) is 0 Å². The van der Waals surface area contributed by atoms with Crippen molar-refractivity contribution in [3.63, 3.8) is 0 Å². The molecule has 0 aliphatic rings. The first-order chi connectivity index (χ1) is 10.1. The summed E-state index contributed by atoms with van der Waals surface area (Å²) in [5.74, 6) is -2.62. The Morgan fingerprint density at radius 2 is 1.55 bits per heavy atom. The number of carbonyl (C=O) groups is 3. The summed E-state index contributed by atoms with van der Waals surface area (Å²) < 4.78 is 0. The molecule has 0 spiro atoms. The number of carbonyl (C=O) groups excluding carboxylic acids is 3. The Balaban J connectivity index is 2.57. The molecular formula is C13H16N4O5. The summed E-state index contributed by atoms with van der Waals surface area (Å²) in [4.78, 5) is 44.6. The van der Waals surface area contributed by atoms with Gasteiger partial charge in [0.05, 0.1) is 4.92 Å². The van der Waals surface area contributed by atoms with Gasteiger partial charge >= 0.3 is 11.8 Å². The number of non-ortho nitro benzene ring substituents is 1. The predicted octanol–water partition coefficient (Wildman–Crippen LogP) is 0.271. The standard InChI is InChI=1S/C13H16N4O5/c1-13(2,3)14-11(19)12(20)16-15-10(18)8-4-6-9(7-5-8)17(21)22/h4-7H,1-3H3,(H,14,19)(H,15,18)(H,16,20). The maximum absolute atomic E-state index is 11.7. The van der Waals surface area contributed by atoms with E-state index in [2.05, 4.69) is 5.32 Å². The van der Waals surface area contributed by atoms with Gasteiger partial charge in [0.25, 0.3) is 11.6 Å². The second-order valence-electron chi connectivity index (χ2n) is 5.42. The van der Waals surface area contributed by atoms with E-state index in [1.165, 1.54) is 12.1 Å². The zero-order valence-corrected chi connectivity index (χ0v) is 12.3. The average molecular weight is 308 g/mol. The third-order valence-corrected chi connectivity index (χ3v) is 2.32. The van der Waals surface area contributed by atoms with E-state index >= 15 is 0 Å². The van der Waals surface area contributed by atoms with E-state index in [1.54, 1.807) is 20.8 Å². The highest BCUT2D eigenvalue weighted by Gasteiger charge is 2.20. The Hall–Kier alpha value is -2.97. The van der Waals surface area contributed by atoms with Crippen LogP contribution in [0.25, 0.3) is 0 Å². The first-order valence-corrected chi connectivity index (χ1v) is 6.27. The molecule has 0 saturated heterocycles. The molecule has 0 atom stereocenters. The molecule has 0 unspecified atom stereocenters. The first-order valence-electron chi connectivity index (χ1n) is 6.27. The largest absolute Gasteiger partial charge is 0.343 e. The van der Waals surface area contributed by atoms with Gasteiger partial charge < -0.3 is 5.32 Å². The molecule has 9 heteroatoms. The quantitative estimate of drug-likeness (QED) is 0.410. The van der Waals surface area contributed by atoms with Crippen LogP contribution in [0, 0.1) is 10.1 Å². The third-order valence-electron chi connectivity index (χ3n) is 2.32. The highest BCUT2D eigenvalue weighted by molar-refractivity contribution is 6.35. The van der Waals surface area contributed by atoms with Gasteiger partial charge in [0.1, 0.15) is 0 Å². The minimum absolute atomic E-state index is 0.0992. The van der Waals surface area contributed by atoms with Gasteiger partial charge in [0, 0.05) is 23.2 Å². The van der Waals surface area contributed by atoms with E-state index in [0.717, 1.165) is 12.1 Å². The van der Waals surface area contributed by atoms with E-state index in [-0.39, 0.29) is 11.3 Å². The van der Waals surface area contributed by atoms with Crippen LogP contribution in [0.5, 0.6) is 0 Å². The van der Waals surface area contributed by atoms with E-state index in [1.807, 2.05) is 10.9 Å². The maximum Gasteiger partial charge on any atom is 0.327 e. The van der Waals surface area contributed by atoms with Gasteiger partial charge in [-0.1, -0.05) is 0 Å². The maximum atomic E-state index is 11.7. The first kappa shape index (κ1) is 17.1.